The Bertz CT molecular complexity index is 874. The quantitative estimate of drug-likeness (QED) is 0.588. The first-order valence-corrected chi connectivity index (χ1v) is 12.6. The Kier molecular flexibility index (Phi) is 7.75. The van der Waals surface area contributed by atoms with Crippen molar-refractivity contribution in [3.63, 3.8) is 0 Å². The van der Waals surface area contributed by atoms with E-state index in [0.717, 1.165) is 32.1 Å². The van der Waals surface area contributed by atoms with Crippen LogP contribution in [-0.2, 0) is 24.3 Å². The second kappa shape index (κ2) is 10.1. The van der Waals surface area contributed by atoms with Crippen molar-refractivity contribution in [2.75, 3.05) is 19.7 Å². The maximum atomic E-state index is 12.6. The Morgan fingerprint density at radius 2 is 1.74 bits per heavy atom. The number of hydrogen-bond acceptors (Lipinski definition) is 6. The summed E-state index contributed by atoms with van der Waals surface area (Å²) in [5.41, 5.74) is 0.194. The summed E-state index contributed by atoms with van der Waals surface area (Å²) in [6, 6.07) is 5.63. The topological polar surface area (TPSA) is 90.0 Å². The molecule has 1 saturated heterocycles. The van der Waals surface area contributed by atoms with Gasteiger partial charge in [-0.1, -0.05) is 27.2 Å². The predicted molar refractivity (Wildman–Crippen MR) is 116 cm³/mol. The lowest BCUT2D eigenvalue weighted by Gasteiger charge is -2.36. The van der Waals surface area contributed by atoms with Crippen molar-refractivity contribution in [1.29, 1.82) is 0 Å². The van der Waals surface area contributed by atoms with Gasteiger partial charge in [0, 0.05) is 13.1 Å². The summed E-state index contributed by atoms with van der Waals surface area (Å²) in [4.78, 5) is 24.7. The van der Waals surface area contributed by atoms with E-state index < -0.39 is 28.6 Å². The van der Waals surface area contributed by atoms with Gasteiger partial charge in [-0.3, -0.25) is 0 Å². The van der Waals surface area contributed by atoms with Gasteiger partial charge < -0.3 is 9.47 Å². The molecule has 172 valence electrons. The van der Waals surface area contributed by atoms with E-state index in [1.165, 1.54) is 28.6 Å². The molecule has 3 rings (SSSR count). The van der Waals surface area contributed by atoms with Gasteiger partial charge in [0.25, 0.3) is 0 Å². The second-order valence-corrected chi connectivity index (χ2v) is 11.0. The number of carbonyl (C=O) groups is 2. The van der Waals surface area contributed by atoms with Crippen LogP contribution in [0.5, 0.6) is 0 Å². The van der Waals surface area contributed by atoms with Crippen molar-refractivity contribution in [3.05, 3.63) is 29.8 Å². The Morgan fingerprint density at radius 3 is 2.35 bits per heavy atom. The molecule has 7 nitrogen and oxygen atoms in total. The van der Waals surface area contributed by atoms with Crippen LogP contribution in [-0.4, -0.2) is 50.5 Å². The zero-order chi connectivity index (χ0) is 22.6. The molecule has 1 heterocycles. The number of ether oxygens (including phenoxy) is 2. The highest BCUT2D eigenvalue weighted by Crippen LogP contribution is 2.35. The van der Waals surface area contributed by atoms with E-state index in [1.54, 1.807) is 0 Å². The summed E-state index contributed by atoms with van der Waals surface area (Å²) in [5.74, 6) is 0.0145. The van der Waals surface area contributed by atoms with Crippen LogP contribution >= 0.6 is 0 Å². The third kappa shape index (κ3) is 5.86. The van der Waals surface area contributed by atoms with Gasteiger partial charge in [0.1, 0.15) is 6.10 Å². The van der Waals surface area contributed by atoms with Crippen molar-refractivity contribution in [1.82, 2.24) is 4.31 Å². The zero-order valence-corrected chi connectivity index (χ0v) is 19.4. The number of sulfonamides is 1. The Hall–Kier alpha value is -1.93. The molecular formula is C23H33NO6S. The van der Waals surface area contributed by atoms with E-state index in [2.05, 4.69) is 20.8 Å². The number of esters is 2. The lowest BCUT2D eigenvalue weighted by Crippen LogP contribution is -2.36. The molecule has 0 N–H and O–H groups in total. The molecule has 0 spiro atoms. The van der Waals surface area contributed by atoms with Gasteiger partial charge in [-0.15, -0.1) is 0 Å². The first-order chi connectivity index (χ1) is 14.7. The summed E-state index contributed by atoms with van der Waals surface area (Å²) in [6.07, 6.45) is 4.56. The summed E-state index contributed by atoms with van der Waals surface area (Å²) in [6.45, 7) is 7.01. The summed E-state index contributed by atoms with van der Waals surface area (Å²) in [7, 11) is -3.53. The van der Waals surface area contributed by atoms with Gasteiger partial charge in [-0.25, -0.2) is 18.0 Å². The standard InChI is InChI=1S/C23H33NO6S/c1-16(2)20-11-6-17(3)14-21(20)30-22(25)15-29-23(26)18-7-9-19(10-8-18)31(27,28)24-12-4-5-13-24/h7-10,16-17,20-21H,4-6,11-15H2,1-3H3/t17-,20+,21-/m1/s1. The van der Waals surface area contributed by atoms with Crippen LogP contribution in [0, 0.1) is 17.8 Å². The first-order valence-electron chi connectivity index (χ1n) is 11.1. The van der Waals surface area contributed by atoms with Gasteiger partial charge in [-0.2, -0.15) is 4.31 Å². The van der Waals surface area contributed by atoms with Crippen LogP contribution in [0.15, 0.2) is 29.2 Å². The molecule has 2 aliphatic rings. The van der Waals surface area contributed by atoms with Gasteiger partial charge in [-0.05, 0) is 67.7 Å². The molecule has 1 aliphatic heterocycles. The molecular weight excluding hydrogens is 418 g/mol. The highest BCUT2D eigenvalue weighted by atomic mass is 32.2. The lowest BCUT2D eigenvalue weighted by atomic mass is 9.75. The van der Waals surface area contributed by atoms with E-state index in [-0.39, 0.29) is 16.6 Å². The predicted octanol–water partition coefficient (Wildman–Crippen LogP) is 3.63. The Balaban J connectivity index is 1.53. The van der Waals surface area contributed by atoms with Crippen molar-refractivity contribution in [2.24, 2.45) is 17.8 Å². The molecule has 2 fully saturated rings. The molecule has 3 atom stereocenters. The molecule has 1 aromatic rings. The van der Waals surface area contributed by atoms with Gasteiger partial charge in [0.15, 0.2) is 6.61 Å². The van der Waals surface area contributed by atoms with Crippen molar-refractivity contribution in [2.45, 2.75) is 63.9 Å². The fourth-order valence-corrected chi connectivity index (χ4v) is 6.02. The maximum Gasteiger partial charge on any atom is 0.344 e. The van der Waals surface area contributed by atoms with Crippen LogP contribution in [0.2, 0.25) is 0 Å². The molecule has 0 radical (unpaired) electrons. The van der Waals surface area contributed by atoms with Crippen molar-refractivity contribution in [3.8, 4) is 0 Å². The Labute approximate surface area is 185 Å². The minimum atomic E-state index is -3.53. The zero-order valence-electron chi connectivity index (χ0n) is 18.6. The number of hydrogen-bond donors (Lipinski definition) is 0. The SMILES string of the molecule is CC(C)[C@@H]1CC[C@@H](C)C[C@H]1OC(=O)COC(=O)c1ccc(S(=O)(=O)N2CCCC2)cc1. The summed E-state index contributed by atoms with van der Waals surface area (Å²) < 4.78 is 37.3. The largest absolute Gasteiger partial charge is 0.460 e. The molecule has 8 heteroatoms. The molecule has 0 unspecified atom stereocenters. The average molecular weight is 452 g/mol. The third-order valence-corrected chi connectivity index (χ3v) is 8.27. The number of benzene rings is 1. The molecule has 1 aliphatic carbocycles. The summed E-state index contributed by atoms with van der Waals surface area (Å²) >= 11 is 0. The fourth-order valence-electron chi connectivity index (χ4n) is 4.50. The molecule has 31 heavy (non-hydrogen) atoms. The highest BCUT2D eigenvalue weighted by Gasteiger charge is 2.33. The molecule has 0 bridgehead atoms. The van der Waals surface area contributed by atoms with Crippen LogP contribution < -0.4 is 0 Å². The highest BCUT2D eigenvalue weighted by molar-refractivity contribution is 7.89. The van der Waals surface area contributed by atoms with E-state index in [9.17, 15) is 18.0 Å². The van der Waals surface area contributed by atoms with Gasteiger partial charge in [0.05, 0.1) is 10.5 Å². The van der Waals surface area contributed by atoms with Gasteiger partial charge in [0.2, 0.25) is 10.0 Å². The smallest absolute Gasteiger partial charge is 0.344 e. The fraction of sp³-hybridized carbons (Fsp3) is 0.652. The lowest BCUT2D eigenvalue weighted by molar-refractivity contribution is -0.159. The van der Waals surface area contributed by atoms with E-state index in [0.29, 0.717) is 30.8 Å². The average Bonchev–Trinajstić information content (AvgIpc) is 3.28. The molecule has 0 amide bonds. The second-order valence-electron chi connectivity index (χ2n) is 9.07. The maximum absolute atomic E-state index is 12.6. The monoisotopic (exact) mass is 451 g/mol. The van der Waals surface area contributed by atoms with E-state index in [1.807, 2.05) is 0 Å². The molecule has 1 saturated carbocycles. The van der Waals surface area contributed by atoms with Crippen LogP contribution in [0.4, 0.5) is 0 Å². The van der Waals surface area contributed by atoms with Crippen molar-refractivity contribution < 1.29 is 27.5 Å². The molecule has 1 aromatic carbocycles. The summed E-state index contributed by atoms with van der Waals surface area (Å²) in [5, 5.41) is 0. The first kappa shape index (κ1) is 23.7. The normalized spacial score (nSPS) is 24.8. The number of rotatable bonds is 7. The van der Waals surface area contributed by atoms with E-state index >= 15 is 0 Å². The minimum Gasteiger partial charge on any atom is -0.460 e. The number of nitrogens with zero attached hydrogens (tertiary/aromatic N) is 1. The van der Waals surface area contributed by atoms with Crippen LogP contribution in [0.3, 0.4) is 0 Å². The van der Waals surface area contributed by atoms with Crippen LogP contribution in [0.25, 0.3) is 0 Å². The third-order valence-electron chi connectivity index (χ3n) is 6.36. The van der Waals surface area contributed by atoms with Crippen LogP contribution in [0.1, 0.15) is 63.2 Å². The Morgan fingerprint density at radius 1 is 1.10 bits per heavy atom. The van der Waals surface area contributed by atoms with E-state index in [4.69, 9.17) is 9.47 Å². The van der Waals surface area contributed by atoms with Gasteiger partial charge >= 0.3 is 11.9 Å². The minimum absolute atomic E-state index is 0.148. The number of carbonyl (C=O) groups excluding carboxylic acids is 2. The molecule has 0 aromatic heterocycles. The van der Waals surface area contributed by atoms with Crippen molar-refractivity contribution >= 4 is 22.0 Å².